The molecule has 0 bridgehead atoms. The van der Waals surface area contributed by atoms with E-state index < -0.39 is 11.7 Å². The molecule has 3 rings (SSSR count). The van der Waals surface area contributed by atoms with Gasteiger partial charge in [0.15, 0.2) is 0 Å². The molecule has 2 N–H and O–H groups in total. The Morgan fingerprint density at radius 3 is 2.75 bits per heavy atom. The Labute approximate surface area is 138 Å². The van der Waals surface area contributed by atoms with Gasteiger partial charge in [-0.3, -0.25) is 14.8 Å². The molecule has 24 heavy (non-hydrogen) atoms. The maximum Gasteiger partial charge on any atom is 0.274 e. The fraction of sp³-hybridized carbons (Fsp3) is 0.0556. The minimum atomic E-state index is -0.489. The first-order chi connectivity index (χ1) is 11.7. The van der Waals surface area contributed by atoms with Gasteiger partial charge in [-0.1, -0.05) is 18.2 Å². The average molecular weight is 322 g/mol. The summed E-state index contributed by atoms with van der Waals surface area (Å²) in [6.45, 7) is 0.576. The second-order valence-corrected chi connectivity index (χ2v) is 5.08. The number of rotatable bonds is 5. The standard InChI is InChI=1S/C18H15FN4O/c19-15-5-1-2-6-16(15)23-18(24)17-10-14(7-9-21-17)22-12-13-4-3-8-20-11-13/h1-11H,12H2,(H,21,22)(H,23,24). The molecule has 6 heteroatoms. The van der Waals surface area contributed by atoms with Crippen LogP contribution in [0.3, 0.4) is 0 Å². The third-order valence-electron chi connectivity index (χ3n) is 3.33. The zero-order valence-corrected chi connectivity index (χ0v) is 12.7. The number of pyridine rings is 2. The molecule has 0 unspecified atom stereocenters. The quantitative estimate of drug-likeness (QED) is 0.755. The highest BCUT2D eigenvalue weighted by molar-refractivity contribution is 6.03. The van der Waals surface area contributed by atoms with Crippen molar-refractivity contribution in [3.63, 3.8) is 0 Å². The van der Waals surface area contributed by atoms with Crippen LogP contribution >= 0.6 is 0 Å². The smallest absolute Gasteiger partial charge is 0.274 e. The molecule has 0 aliphatic heterocycles. The van der Waals surface area contributed by atoms with Crippen molar-refractivity contribution in [3.8, 4) is 0 Å². The molecule has 0 aliphatic carbocycles. The third-order valence-corrected chi connectivity index (χ3v) is 3.33. The van der Waals surface area contributed by atoms with Gasteiger partial charge < -0.3 is 10.6 Å². The van der Waals surface area contributed by atoms with E-state index in [1.54, 1.807) is 36.7 Å². The van der Waals surface area contributed by atoms with Gasteiger partial charge in [0.05, 0.1) is 5.69 Å². The molecule has 1 amide bonds. The highest BCUT2D eigenvalue weighted by atomic mass is 19.1. The van der Waals surface area contributed by atoms with Crippen LogP contribution in [0.4, 0.5) is 15.8 Å². The van der Waals surface area contributed by atoms with Crippen molar-refractivity contribution in [3.05, 3.63) is 84.2 Å². The number of hydrogen-bond donors (Lipinski definition) is 2. The number of aromatic nitrogens is 2. The molecular weight excluding hydrogens is 307 g/mol. The van der Waals surface area contributed by atoms with E-state index >= 15 is 0 Å². The third kappa shape index (κ3) is 3.92. The Morgan fingerprint density at radius 2 is 1.96 bits per heavy atom. The molecule has 2 heterocycles. The summed E-state index contributed by atoms with van der Waals surface area (Å²) in [4.78, 5) is 20.3. The number of nitrogens with zero attached hydrogens (tertiary/aromatic N) is 2. The van der Waals surface area contributed by atoms with Crippen LogP contribution in [0, 0.1) is 5.82 Å². The van der Waals surface area contributed by atoms with Crippen LogP contribution in [0.25, 0.3) is 0 Å². The zero-order chi connectivity index (χ0) is 16.8. The zero-order valence-electron chi connectivity index (χ0n) is 12.7. The highest BCUT2D eigenvalue weighted by Gasteiger charge is 2.10. The summed E-state index contributed by atoms with van der Waals surface area (Å²) in [6.07, 6.45) is 5.00. The summed E-state index contributed by atoms with van der Waals surface area (Å²) >= 11 is 0. The van der Waals surface area contributed by atoms with Crippen molar-refractivity contribution in [1.29, 1.82) is 0 Å². The van der Waals surface area contributed by atoms with Gasteiger partial charge in [-0.25, -0.2) is 4.39 Å². The predicted molar refractivity (Wildman–Crippen MR) is 90.2 cm³/mol. The normalized spacial score (nSPS) is 10.2. The van der Waals surface area contributed by atoms with E-state index in [0.717, 1.165) is 11.3 Å². The van der Waals surface area contributed by atoms with Gasteiger partial charge >= 0.3 is 0 Å². The number of nitrogens with one attached hydrogen (secondary N) is 2. The molecule has 0 radical (unpaired) electrons. The second-order valence-electron chi connectivity index (χ2n) is 5.08. The Morgan fingerprint density at radius 1 is 1.08 bits per heavy atom. The fourth-order valence-electron chi connectivity index (χ4n) is 2.12. The summed E-state index contributed by atoms with van der Waals surface area (Å²) in [6, 6.07) is 13.2. The topological polar surface area (TPSA) is 66.9 Å². The summed E-state index contributed by atoms with van der Waals surface area (Å²) in [5, 5.41) is 5.71. The molecule has 1 aromatic carbocycles. The fourth-order valence-corrected chi connectivity index (χ4v) is 2.12. The van der Waals surface area contributed by atoms with E-state index in [1.807, 2.05) is 12.1 Å². The number of carbonyl (C=O) groups excluding carboxylic acids is 1. The van der Waals surface area contributed by atoms with Crippen LogP contribution in [0.15, 0.2) is 67.1 Å². The van der Waals surface area contributed by atoms with E-state index in [4.69, 9.17) is 0 Å². The number of carbonyl (C=O) groups is 1. The van der Waals surface area contributed by atoms with E-state index in [9.17, 15) is 9.18 Å². The maximum absolute atomic E-state index is 13.6. The number of amides is 1. The molecule has 5 nitrogen and oxygen atoms in total. The Balaban J connectivity index is 1.68. The Bertz CT molecular complexity index is 839. The van der Waals surface area contributed by atoms with Crippen molar-refractivity contribution in [1.82, 2.24) is 9.97 Å². The van der Waals surface area contributed by atoms with Crippen LogP contribution in [0.5, 0.6) is 0 Å². The monoisotopic (exact) mass is 322 g/mol. The minimum absolute atomic E-state index is 0.123. The van der Waals surface area contributed by atoms with Crippen LogP contribution < -0.4 is 10.6 Å². The Kier molecular flexibility index (Phi) is 4.76. The first-order valence-electron chi connectivity index (χ1n) is 7.37. The number of para-hydroxylation sites is 1. The van der Waals surface area contributed by atoms with Crippen LogP contribution in [-0.2, 0) is 6.54 Å². The minimum Gasteiger partial charge on any atom is -0.381 e. The van der Waals surface area contributed by atoms with Crippen molar-refractivity contribution in [2.45, 2.75) is 6.54 Å². The molecule has 2 aromatic heterocycles. The van der Waals surface area contributed by atoms with Gasteiger partial charge in [0.25, 0.3) is 5.91 Å². The molecule has 120 valence electrons. The van der Waals surface area contributed by atoms with E-state index in [0.29, 0.717) is 6.54 Å². The first-order valence-corrected chi connectivity index (χ1v) is 7.37. The summed E-state index contributed by atoms with van der Waals surface area (Å²) < 4.78 is 13.6. The van der Waals surface area contributed by atoms with Gasteiger partial charge in [-0.15, -0.1) is 0 Å². The lowest BCUT2D eigenvalue weighted by Crippen LogP contribution is -2.15. The number of hydrogen-bond acceptors (Lipinski definition) is 4. The van der Waals surface area contributed by atoms with Crippen molar-refractivity contribution >= 4 is 17.3 Å². The first kappa shape index (κ1) is 15.6. The predicted octanol–water partition coefficient (Wildman–Crippen LogP) is 3.48. The van der Waals surface area contributed by atoms with E-state index in [2.05, 4.69) is 20.6 Å². The SMILES string of the molecule is O=C(Nc1ccccc1F)c1cc(NCc2cccnc2)ccn1. The average Bonchev–Trinajstić information content (AvgIpc) is 2.63. The van der Waals surface area contributed by atoms with Gasteiger partial charge in [0, 0.05) is 30.8 Å². The van der Waals surface area contributed by atoms with Crippen LogP contribution in [0.1, 0.15) is 16.1 Å². The largest absolute Gasteiger partial charge is 0.381 e. The maximum atomic E-state index is 13.6. The van der Waals surface area contributed by atoms with E-state index in [-0.39, 0.29) is 11.4 Å². The summed E-state index contributed by atoms with van der Waals surface area (Å²) in [5.74, 6) is -0.957. The second kappa shape index (κ2) is 7.32. The van der Waals surface area contributed by atoms with Gasteiger partial charge in [-0.2, -0.15) is 0 Å². The van der Waals surface area contributed by atoms with Crippen molar-refractivity contribution in [2.75, 3.05) is 10.6 Å². The highest BCUT2D eigenvalue weighted by Crippen LogP contribution is 2.15. The number of halogens is 1. The lowest BCUT2D eigenvalue weighted by Gasteiger charge is -2.09. The van der Waals surface area contributed by atoms with Gasteiger partial charge in [-0.05, 0) is 35.9 Å². The summed E-state index contributed by atoms with van der Waals surface area (Å²) in [5.41, 5.74) is 2.09. The lowest BCUT2D eigenvalue weighted by molar-refractivity contribution is 0.102. The molecule has 0 spiro atoms. The molecule has 0 fully saturated rings. The molecule has 0 aliphatic rings. The molecular formula is C18H15FN4O. The molecule has 0 saturated heterocycles. The lowest BCUT2D eigenvalue weighted by atomic mass is 10.2. The molecule has 0 saturated carbocycles. The van der Waals surface area contributed by atoms with Crippen molar-refractivity contribution < 1.29 is 9.18 Å². The van der Waals surface area contributed by atoms with Crippen LogP contribution in [0.2, 0.25) is 0 Å². The number of benzene rings is 1. The van der Waals surface area contributed by atoms with Crippen LogP contribution in [-0.4, -0.2) is 15.9 Å². The Hall–Kier alpha value is -3.28. The van der Waals surface area contributed by atoms with Gasteiger partial charge in [0.1, 0.15) is 11.5 Å². The van der Waals surface area contributed by atoms with E-state index in [1.165, 1.54) is 18.3 Å². The summed E-state index contributed by atoms with van der Waals surface area (Å²) in [7, 11) is 0. The van der Waals surface area contributed by atoms with Gasteiger partial charge in [0.2, 0.25) is 0 Å². The molecule has 3 aromatic rings. The van der Waals surface area contributed by atoms with Crippen molar-refractivity contribution in [2.24, 2.45) is 0 Å². The number of anilines is 2. The molecule has 0 atom stereocenters.